The standard InChI is InChI=1S/C19H19ClN2/c1-13(2)19-18(12-22(3)21-19)16-6-4-5-15(11-16)14-7-9-17(20)10-8-14/h4-13H,1-3H3. The van der Waals surface area contributed by atoms with Gasteiger partial charge in [-0.25, -0.2) is 0 Å². The van der Waals surface area contributed by atoms with E-state index in [4.69, 9.17) is 11.6 Å². The first-order valence-corrected chi connectivity index (χ1v) is 7.82. The van der Waals surface area contributed by atoms with Crippen molar-refractivity contribution in [1.29, 1.82) is 0 Å². The molecule has 0 aliphatic carbocycles. The first kappa shape index (κ1) is 14.9. The fraction of sp³-hybridized carbons (Fsp3) is 0.211. The van der Waals surface area contributed by atoms with Gasteiger partial charge in [-0.2, -0.15) is 5.10 Å². The first-order valence-electron chi connectivity index (χ1n) is 7.44. The average Bonchev–Trinajstić information content (AvgIpc) is 2.90. The summed E-state index contributed by atoms with van der Waals surface area (Å²) < 4.78 is 1.89. The Labute approximate surface area is 136 Å². The monoisotopic (exact) mass is 310 g/mol. The van der Waals surface area contributed by atoms with Crippen LogP contribution in [0.1, 0.15) is 25.5 Å². The third-order valence-corrected chi connectivity index (χ3v) is 4.01. The predicted molar refractivity (Wildman–Crippen MR) is 93.2 cm³/mol. The molecule has 3 rings (SSSR count). The van der Waals surface area contributed by atoms with E-state index in [0.29, 0.717) is 5.92 Å². The maximum atomic E-state index is 5.97. The second-order valence-corrected chi connectivity index (χ2v) is 6.28. The normalized spacial score (nSPS) is 11.1. The van der Waals surface area contributed by atoms with Gasteiger partial charge in [-0.05, 0) is 40.8 Å². The molecule has 0 fully saturated rings. The van der Waals surface area contributed by atoms with Crippen molar-refractivity contribution in [1.82, 2.24) is 9.78 Å². The van der Waals surface area contributed by atoms with Crippen molar-refractivity contribution in [3.8, 4) is 22.3 Å². The molecule has 112 valence electrons. The second kappa shape index (κ2) is 5.98. The molecule has 0 saturated carbocycles. The van der Waals surface area contributed by atoms with Gasteiger partial charge in [0.25, 0.3) is 0 Å². The van der Waals surface area contributed by atoms with E-state index in [1.165, 1.54) is 22.3 Å². The number of rotatable bonds is 3. The highest BCUT2D eigenvalue weighted by atomic mass is 35.5. The summed E-state index contributed by atoms with van der Waals surface area (Å²) in [6, 6.07) is 16.5. The lowest BCUT2D eigenvalue weighted by molar-refractivity contribution is 0.713. The van der Waals surface area contributed by atoms with Crippen LogP contribution in [0.3, 0.4) is 0 Å². The molecule has 0 aliphatic rings. The lowest BCUT2D eigenvalue weighted by atomic mass is 9.96. The number of benzene rings is 2. The summed E-state index contributed by atoms with van der Waals surface area (Å²) in [6.07, 6.45) is 2.09. The summed E-state index contributed by atoms with van der Waals surface area (Å²) >= 11 is 5.97. The van der Waals surface area contributed by atoms with Crippen molar-refractivity contribution in [2.75, 3.05) is 0 Å². The Morgan fingerprint density at radius 2 is 1.64 bits per heavy atom. The van der Waals surface area contributed by atoms with E-state index in [2.05, 4.69) is 49.4 Å². The van der Waals surface area contributed by atoms with Crippen LogP contribution < -0.4 is 0 Å². The molecule has 3 heteroatoms. The highest BCUT2D eigenvalue weighted by Crippen LogP contribution is 2.31. The number of nitrogens with zero attached hydrogens (tertiary/aromatic N) is 2. The second-order valence-electron chi connectivity index (χ2n) is 5.84. The van der Waals surface area contributed by atoms with Crippen LogP contribution in [0.2, 0.25) is 5.02 Å². The quantitative estimate of drug-likeness (QED) is 0.622. The van der Waals surface area contributed by atoms with Gasteiger partial charge in [0.15, 0.2) is 0 Å². The summed E-state index contributed by atoms with van der Waals surface area (Å²) in [5, 5.41) is 5.36. The van der Waals surface area contributed by atoms with Crippen LogP contribution in [0.25, 0.3) is 22.3 Å². The zero-order valence-corrected chi connectivity index (χ0v) is 13.8. The molecule has 2 nitrogen and oxygen atoms in total. The average molecular weight is 311 g/mol. The van der Waals surface area contributed by atoms with E-state index in [0.717, 1.165) is 10.7 Å². The summed E-state index contributed by atoms with van der Waals surface area (Å²) in [7, 11) is 1.97. The lowest BCUT2D eigenvalue weighted by Crippen LogP contribution is -1.93. The molecule has 0 saturated heterocycles. The van der Waals surface area contributed by atoms with E-state index in [1.54, 1.807) is 0 Å². The fourth-order valence-corrected chi connectivity index (χ4v) is 2.79. The predicted octanol–water partition coefficient (Wildman–Crippen LogP) is 5.53. The molecule has 0 aliphatic heterocycles. The third kappa shape index (κ3) is 2.93. The molecule has 1 heterocycles. The minimum atomic E-state index is 0.399. The van der Waals surface area contributed by atoms with Crippen LogP contribution in [-0.2, 0) is 7.05 Å². The van der Waals surface area contributed by atoms with Crippen LogP contribution in [-0.4, -0.2) is 9.78 Å². The van der Waals surface area contributed by atoms with Crippen LogP contribution in [0.15, 0.2) is 54.7 Å². The summed E-state index contributed by atoms with van der Waals surface area (Å²) in [6.45, 7) is 4.35. The number of hydrogen-bond donors (Lipinski definition) is 0. The van der Waals surface area contributed by atoms with Gasteiger partial charge in [0, 0.05) is 23.8 Å². The lowest BCUT2D eigenvalue weighted by Gasteiger charge is -2.08. The fourth-order valence-electron chi connectivity index (χ4n) is 2.66. The van der Waals surface area contributed by atoms with Crippen molar-refractivity contribution in [2.45, 2.75) is 19.8 Å². The van der Waals surface area contributed by atoms with Gasteiger partial charge in [-0.15, -0.1) is 0 Å². The third-order valence-electron chi connectivity index (χ3n) is 3.76. The highest BCUT2D eigenvalue weighted by Gasteiger charge is 2.13. The molecule has 0 bridgehead atoms. The minimum absolute atomic E-state index is 0.399. The Hall–Kier alpha value is -2.06. The summed E-state index contributed by atoms with van der Waals surface area (Å²) in [5.74, 6) is 0.399. The van der Waals surface area contributed by atoms with Gasteiger partial charge in [-0.1, -0.05) is 55.8 Å². The summed E-state index contributed by atoms with van der Waals surface area (Å²) in [5.41, 5.74) is 5.89. The SMILES string of the molecule is CC(C)c1nn(C)cc1-c1cccc(-c2ccc(Cl)cc2)c1. The highest BCUT2D eigenvalue weighted by molar-refractivity contribution is 6.30. The molecule has 0 spiro atoms. The van der Waals surface area contributed by atoms with Crippen molar-refractivity contribution < 1.29 is 0 Å². The smallest absolute Gasteiger partial charge is 0.0728 e. The molecule has 2 aromatic carbocycles. The van der Waals surface area contributed by atoms with Crippen molar-refractivity contribution in [2.24, 2.45) is 7.05 Å². The molecule has 0 N–H and O–H groups in total. The Balaban J connectivity index is 2.06. The number of aryl methyl sites for hydroxylation is 1. The van der Waals surface area contributed by atoms with Crippen LogP contribution in [0.5, 0.6) is 0 Å². The van der Waals surface area contributed by atoms with Gasteiger partial charge in [0.05, 0.1) is 5.69 Å². The van der Waals surface area contributed by atoms with Crippen molar-refractivity contribution >= 4 is 11.6 Å². The van der Waals surface area contributed by atoms with E-state index in [-0.39, 0.29) is 0 Å². The number of hydrogen-bond acceptors (Lipinski definition) is 1. The van der Waals surface area contributed by atoms with Gasteiger partial charge in [0.1, 0.15) is 0 Å². The van der Waals surface area contributed by atoms with Crippen molar-refractivity contribution in [3.63, 3.8) is 0 Å². The van der Waals surface area contributed by atoms with E-state index in [9.17, 15) is 0 Å². The molecule has 0 atom stereocenters. The maximum Gasteiger partial charge on any atom is 0.0728 e. The first-order chi connectivity index (χ1) is 10.5. The molecule has 1 aromatic heterocycles. The molecule has 0 amide bonds. The van der Waals surface area contributed by atoms with Gasteiger partial charge < -0.3 is 0 Å². The number of halogens is 1. The van der Waals surface area contributed by atoms with E-state index < -0.39 is 0 Å². The zero-order valence-electron chi connectivity index (χ0n) is 13.0. The zero-order chi connectivity index (χ0) is 15.7. The van der Waals surface area contributed by atoms with E-state index in [1.807, 2.05) is 36.0 Å². The Morgan fingerprint density at radius 1 is 0.955 bits per heavy atom. The minimum Gasteiger partial charge on any atom is -0.275 e. The largest absolute Gasteiger partial charge is 0.275 e. The van der Waals surface area contributed by atoms with Gasteiger partial charge in [0.2, 0.25) is 0 Å². The van der Waals surface area contributed by atoms with Crippen LogP contribution >= 0.6 is 11.6 Å². The van der Waals surface area contributed by atoms with Gasteiger partial charge >= 0.3 is 0 Å². The van der Waals surface area contributed by atoms with Crippen molar-refractivity contribution in [3.05, 3.63) is 65.4 Å². The molecule has 0 unspecified atom stereocenters. The summed E-state index contributed by atoms with van der Waals surface area (Å²) in [4.78, 5) is 0. The maximum absolute atomic E-state index is 5.97. The molecule has 3 aromatic rings. The molecule has 0 radical (unpaired) electrons. The van der Waals surface area contributed by atoms with E-state index >= 15 is 0 Å². The Bertz CT molecular complexity index is 785. The van der Waals surface area contributed by atoms with Crippen LogP contribution in [0.4, 0.5) is 0 Å². The van der Waals surface area contributed by atoms with Crippen LogP contribution in [0, 0.1) is 0 Å². The number of aromatic nitrogens is 2. The van der Waals surface area contributed by atoms with Gasteiger partial charge in [-0.3, -0.25) is 4.68 Å². The molecular formula is C19H19ClN2. The Morgan fingerprint density at radius 3 is 2.32 bits per heavy atom. The molecular weight excluding hydrogens is 292 g/mol. The topological polar surface area (TPSA) is 17.8 Å². The Kier molecular flexibility index (Phi) is 4.04. The molecule has 22 heavy (non-hydrogen) atoms.